The molecule has 0 saturated carbocycles. The molecule has 4 heteroatoms. The summed E-state index contributed by atoms with van der Waals surface area (Å²) in [6.45, 7) is 2.40. The van der Waals surface area contributed by atoms with Gasteiger partial charge in [0, 0.05) is 25.6 Å². The third-order valence-electron chi connectivity index (χ3n) is 3.68. The van der Waals surface area contributed by atoms with Gasteiger partial charge in [0.15, 0.2) is 0 Å². The highest BCUT2D eigenvalue weighted by molar-refractivity contribution is 5.76. The van der Waals surface area contributed by atoms with Gasteiger partial charge in [-0.25, -0.2) is 0 Å². The predicted octanol–water partition coefficient (Wildman–Crippen LogP) is 2.06. The quantitative estimate of drug-likeness (QED) is 0.775. The van der Waals surface area contributed by atoms with Gasteiger partial charge in [0.25, 0.3) is 0 Å². The molecule has 1 amide bonds. The lowest BCUT2D eigenvalue weighted by atomic mass is 10.2. The third-order valence-corrected chi connectivity index (χ3v) is 3.68. The van der Waals surface area contributed by atoms with Gasteiger partial charge in [-0.3, -0.25) is 4.79 Å². The molecule has 1 saturated heterocycles. The Kier molecular flexibility index (Phi) is 5.87. The molecule has 1 aromatic carbocycles. The summed E-state index contributed by atoms with van der Waals surface area (Å²) < 4.78 is 5.61. The number of benzene rings is 1. The molecule has 1 aliphatic rings. The number of hydrogen-bond acceptors (Lipinski definition) is 3. The standard InChI is InChI=1S/C16H24N2O2/c1-17-13-14-7-5-11-18(14)16(19)10-6-12-20-15-8-3-2-4-9-15/h2-4,8-9,14,17H,5-7,10-13H2,1H3. The largest absolute Gasteiger partial charge is 0.494 e. The fraction of sp³-hybridized carbons (Fsp3) is 0.562. The summed E-state index contributed by atoms with van der Waals surface area (Å²) in [6, 6.07) is 10.1. The van der Waals surface area contributed by atoms with E-state index >= 15 is 0 Å². The van der Waals surface area contributed by atoms with Crippen molar-refractivity contribution < 1.29 is 9.53 Å². The van der Waals surface area contributed by atoms with E-state index in [9.17, 15) is 4.79 Å². The smallest absolute Gasteiger partial charge is 0.222 e. The fourth-order valence-corrected chi connectivity index (χ4v) is 2.69. The molecule has 1 N–H and O–H groups in total. The van der Waals surface area contributed by atoms with Gasteiger partial charge in [-0.05, 0) is 38.4 Å². The molecule has 0 aliphatic carbocycles. The Hall–Kier alpha value is -1.55. The Balaban J connectivity index is 1.67. The molecule has 0 radical (unpaired) electrons. The minimum Gasteiger partial charge on any atom is -0.494 e. The second-order valence-electron chi connectivity index (χ2n) is 5.21. The zero-order valence-electron chi connectivity index (χ0n) is 12.2. The van der Waals surface area contributed by atoms with E-state index in [1.54, 1.807) is 0 Å². The first-order valence-corrected chi connectivity index (χ1v) is 7.43. The van der Waals surface area contributed by atoms with E-state index in [1.165, 1.54) is 0 Å². The first kappa shape index (κ1) is 14.9. The number of rotatable bonds is 7. The number of nitrogens with one attached hydrogen (secondary N) is 1. The minimum atomic E-state index is 0.263. The highest BCUT2D eigenvalue weighted by Crippen LogP contribution is 2.18. The summed E-state index contributed by atoms with van der Waals surface area (Å²) >= 11 is 0. The van der Waals surface area contributed by atoms with Crippen molar-refractivity contribution in [3.8, 4) is 5.75 Å². The second kappa shape index (κ2) is 7.90. The van der Waals surface area contributed by atoms with Crippen LogP contribution < -0.4 is 10.1 Å². The molecule has 1 aliphatic heterocycles. The highest BCUT2D eigenvalue weighted by atomic mass is 16.5. The summed E-state index contributed by atoms with van der Waals surface area (Å²) in [5.74, 6) is 1.13. The van der Waals surface area contributed by atoms with E-state index < -0.39 is 0 Å². The Labute approximate surface area is 121 Å². The lowest BCUT2D eigenvalue weighted by molar-refractivity contribution is -0.132. The first-order valence-electron chi connectivity index (χ1n) is 7.43. The average molecular weight is 276 g/mol. The van der Waals surface area contributed by atoms with Crippen molar-refractivity contribution in [3.63, 3.8) is 0 Å². The number of ether oxygens (including phenoxy) is 1. The fourth-order valence-electron chi connectivity index (χ4n) is 2.69. The Bertz CT molecular complexity index is 408. The van der Waals surface area contributed by atoms with Crippen molar-refractivity contribution >= 4 is 5.91 Å². The monoisotopic (exact) mass is 276 g/mol. The van der Waals surface area contributed by atoms with Gasteiger partial charge in [0.05, 0.1) is 6.61 Å². The normalized spacial score (nSPS) is 18.2. The lowest BCUT2D eigenvalue weighted by Gasteiger charge is -2.24. The number of para-hydroxylation sites is 1. The Morgan fingerprint density at radius 2 is 2.20 bits per heavy atom. The summed E-state index contributed by atoms with van der Waals surface area (Å²) in [5.41, 5.74) is 0. The zero-order valence-corrected chi connectivity index (χ0v) is 12.2. The average Bonchev–Trinajstić information content (AvgIpc) is 2.93. The summed E-state index contributed by atoms with van der Waals surface area (Å²) in [7, 11) is 1.94. The molecule has 1 atom stereocenters. The molecule has 20 heavy (non-hydrogen) atoms. The topological polar surface area (TPSA) is 41.6 Å². The molecule has 1 unspecified atom stereocenters. The van der Waals surface area contributed by atoms with Crippen molar-refractivity contribution in [2.24, 2.45) is 0 Å². The number of amides is 1. The minimum absolute atomic E-state index is 0.263. The van der Waals surface area contributed by atoms with Crippen LogP contribution in [-0.4, -0.2) is 43.6 Å². The van der Waals surface area contributed by atoms with Crippen LogP contribution >= 0.6 is 0 Å². The number of likely N-dealkylation sites (tertiary alicyclic amines) is 1. The van der Waals surface area contributed by atoms with Gasteiger partial charge in [-0.15, -0.1) is 0 Å². The van der Waals surface area contributed by atoms with Crippen molar-refractivity contribution in [1.82, 2.24) is 10.2 Å². The van der Waals surface area contributed by atoms with Crippen molar-refractivity contribution in [3.05, 3.63) is 30.3 Å². The van der Waals surface area contributed by atoms with Crippen LogP contribution in [0.3, 0.4) is 0 Å². The van der Waals surface area contributed by atoms with Crippen LogP contribution in [-0.2, 0) is 4.79 Å². The molecule has 0 spiro atoms. The van der Waals surface area contributed by atoms with E-state index in [4.69, 9.17) is 4.74 Å². The number of hydrogen-bond donors (Lipinski definition) is 1. The summed E-state index contributed by atoms with van der Waals surface area (Å²) in [6.07, 6.45) is 3.59. The maximum absolute atomic E-state index is 12.2. The number of carbonyl (C=O) groups excluding carboxylic acids is 1. The predicted molar refractivity (Wildman–Crippen MR) is 79.8 cm³/mol. The SMILES string of the molecule is CNCC1CCCN1C(=O)CCCOc1ccccc1. The van der Waals surface area contributed by atoms with E-state index in [2.05, 4.69) is 5.32 Å². The second-order valence-corrected chi connectivity index (χ2v) is 5.21. The zero-order chi connectivity index (χ0) is 14.2. The lowest BCUT2D eigenvalue weighted by Crippen LogP contribution is -2.40. The molecule has 1 aromatic rings. The number of carbonyl (C=O) groups is 1. The molecule has 0 bridgehead atoms. The molecule has 0 aromatic heterocycles. The number of likely N-dealkylation sites (N-methyl/N-ethyl adjacent to an activating group) is 1. The molecule has 2 rings (SSSR count). The highest BCUT2D eigenvalue weighted by Gasteiger charge is 2.27. The Morgan fingerprint density at radius 1 is 1.40 bits per heavy atom. The molecule has 1 heterocycles. The van der Waals surface area contributed by atoms with Crippen LogP contribution in [0.4, 0.5) is 0 Å². The molecular formula is C16H24N2O2. The van der Waals surface area contributed by atoms with Gasteiger partial charge in [0.2, 0.25) is 5.91 Å². The van der Waals surface area contributed by atoms with Crippen molar-refractivity contribution in [1.29, 1.82) is 0 Å². The Morgan fingerprint density at radius 3 is 2.95 bits per heavy atom. The van der Waals surface area contributed by atoms with E-state index in [-0.39, 0.29) is 5.91 Å². The molecule has 1 fully saturated rings. The van der Waals surface area contributed by atoms with Crippen LogP contribution in [0.15, 0.2) is 30.3 Å². The first-order chi connectivity index (χ1) is 9.81. The number of nitrogens with zero attached hydrogens (tertiary/aromatic N) is 1. The van der Waals surface area contributed by atoms with Crippen LogP contribution in [0.1, 0.15) is 25.7 Å². The summed E-state index contributed by atoms with van der Waals surface area (Å²) in [5, 5.41) is 3.16. The molecule has 110 valence electrons. The molecule has 4 nitrogen and oxygen atoms in total. The van der Waals surface area contributed by atoms with Crippen LogP contribution in [0.2, 0.25) is 0 Å². The van der Waals surface area contributed by atoms with Crippen LogP contribution in [0, 0.1) is 0 Å². The van der Waals surface area contributed by atoms with Crippen LogP contribution in [0.5, 0.6) is 5.75 Å². The van der Waals surface area contributed by atoms with Crippen molar-refractivity contribution in [2.45, 2.75) is 31.7 Å². The van der Waals surface area contributed by atoms with Gasteiger partial charge in [-0.2, -0.15) is 0 Å². The maximum Gasteiger partial charge on any atom is 0.222 e. The van der Waals surface area contributed by atoms with Crippen LogP contribution in [0.25, 0.3) is 0 Å². The maximum atomic E-state index is 12.2. The summed E-state index contributed by atoms with van der Waals surface area (Å²) in [4.78, 5) is 14.2. The molecular weight excluding hydrogens is 252 g/mol. The van der Waals surface area contributed by atoms with E-state index in [1.807, 2.05) is 42.3 Å². The van der Waals surface area contributed by atoms with Gasteiger partial charge < -0.3 is 15.0 Å². The van der Waals surface area contributed by atoms with Gasteiger partial charge in [-0.1, -0.05) is 18.2 Å². The van der Waals surface area contributed by atoms with Gasteiger partial charge in [0.1, 0.15) is 5.75 Å². The van der Waals surface area contributed by atoms with E-state index in [0.717, 1.165) is 38.1 Å². The van der Waals surface area contributed by atoms with Gasteiger partial charge >= 0.3 is 0 Å². The van der Waals surface area contributed by atoms with Crippen molar-refractivity contribution in [2.75, 3.05) is 26.7 Å². The van der Waals surface area contributed by atoms with E-state index in [0.29, 0.717) is 19.1 Å². The third kappa shape index (κ3) is 4.23.